The molecule has 0 aromatic heterocycles. The molecular weight excluding hydrogens is 458 g/mol. The van der Waals surface area contributed by atoms with Gasteiger partial charge in [-0.15, -0.1) is 0 Å². The van der Waals surface area contributed by atoms with Gasteiger partial charge in [-0.25, -0.2) is 12.8 Å². The minimum atomic E-state index is -4.62. The van der Waals surface area contributed by atoms with Crippen molar-refractivity contribution >= 4 is 27.3 Å². The highest BCUT2D eigenvalue weighted by molar-refractivity contribution is 7.91. The molecule has 0 aliphatic heterocycles. The van der Waals surface area contributed by atoms with Gasteiger partial charge in [0.05, 0.1) is 21.2 Å². The topological polar surface area (TPSA) is 63.2 Å². The minimum Gasteiger partial charge on any atom is -0.349 e. The molecule has 2 aromatic rings. The molecule has 2 aromatic carbocycles. The fraction of sp³-hybridized carbons (Fsp3) is 0.381. The lowest BCUT2D eigenvalue weighted by molar-refractivity contribution is -0.137. The summed E-state index contributed by atoms with van der Waals surface area (Å²) in [6, 6.07) is 7.30. The highest BCUT2D eigenvalue weighted by Crippen LogP contribution is 2.32. The van der Waals surface area contributed by atoms with E-state index in [-0.39, 0.29) is 33.2 Å². The fourth-order valence-electron chi connectivity index (χ4n) is 3.65. The fourth-order valence-corrected chi connectivity index (χ4v) is 5.51. The summed E-state index contributed by atoms with van der Waals surface area (Å²) in [5.74, 6) is -1.62. The molecule has 3 rings (SSSR count). The monoisotopic (exact) mass is 477 g/mol. The van der Waals surface area contributed by atoms with E-state index in [0.717, 1.165) is 18.2 Å². The van der Waals surface area contributed by atoms with E-state index in [0.29, 0.717) is 31.7 Å². The maximum absolute atomic E-state index is 13.5. The molecule has 1 N–H and O–H groups in total. The summed E-state index contributed by atoms with van der Waals surface area (Å²) in [4.78, 5) is 11.9. The van der Waals surface area contributed by atoms with Gasteiger partial charge in [-0.3, -0.25) is 4.79 Å². The summed E-state index contributed by atoms with van der Waals surface area (Å²) < 4.78 is 77.3. The molecule has 1 amide bonds. The van der Waals surface area contributed by atoms with Gasteiger partial charge in [-0.05, 0) is 68.0 Å². The molecule has 0 unspecified atom stereocenters. The maximum Gasteiger partial charge on any atom is 0.416 e. The predicted molar refractivity (Wildman–Crippen MR) is 108 cm³/mol. The van der Waals surface area contributed by atoms with Crippen LogP contribution in [0.15, 0.2) is 47.4 Å². The first kappa shape index (κ1) is 23.5. The van der Waals surface area contributed by atoms with Crippen molar-refractivity contribution in [2.45, 2.75) is 42.8 Å². The van der Waals surface area contributed by atoms with Gasteiger partial charge in [-0.2, -0.15) is 13.2 Å². The third-order valence-electron chi connectivity index (χ3n) is 5.34. The number of carbonyl (C=O) groups excluding carboxylic acids is 1. The van der Waals surface area contributed by atoms with Crippen molar-refractivity contribution in [2.75, 3.05) is 5.75 Å². The van der Waals surface area contributed by atoms with Crippen molar-refractivity contribution in [1.82, 2.24) is 5.32 Å². The maximum atomic E-state index is 13.5. The van der Waals surface area contributed by atoms with Crippen LogP contribution in [-0.4, -0.2) is 26.1 Å². The number of nitrogens with one attached hydrogen (secondary N) is 1. The van der Waals surface area contributed by atoms with Crippen molar-refractivity contribution in [1.29, 1.82) is 0 Å². The third-order valence-corrected chi connectivity index (χ3v) is 7.53. The summed E-state index contributed by atoms with van der Waals surface area (Å²) in [6.07, 6.45) is -2.58. The number of rotatable bonds is 5. The zero-order chi connectivity index (χ0) is 22.8. The third kappa shape index (κ3) is 5.98. The molecule has 168 valence electrons. The molecule has 4 nitrogen and oxygen atoms in total. The van der Waals surface area contributed by atoms with Crippen LogP contribution in [0.1, 0.15) is 41.6 Å². The summed E-state index contributed by atoms with van der Waals surface area (Å²) in [5.41, 5.74) is -0.866. The second kappa shape index (κ2) is 9.16. The van der Waals surface area contributed by atoms with Crippen molar-refractivity contribution in [2.24, 2.45) is 5.92 Å². The SMILES string of the molecule is O=C(NC1CCC(CS(=O)(=O)c2cccc(C(F)(F)F)c2)CC1)c1ccc(Cl)c(F)c1. The lowest BCUT2D eigenvalue weighted by Crippen LogP contribution is -2.38. The second-order valence-electron chi connectivity index (χ2n) is 7.63. The minimum absolute atomic E-state index is 0.0842. The van der Waals surface area contributed by atoms with E-state index >= 15 is 0 Å². The Morgan fingerprint density at radius 1 is 1.06 bits per heavy atom. The molecule has 0 spiro atoms. The average Bonchev–Trinajstić information content (AvgIpc) is 2.71. The van der Waals surface area contributed by atoms with Gasteiger partial charge in [-0.1, -0.05) is 17.7 Å². The van der Waals surface area contributed by atoms with Crippen LogP contribution >= 0.6 is 11.6 Å². The Balaban J connectivity index is 1.57. The number of hydrogen-bond donors (Lipinski definition) is 1. The molecule has 1 saturated carbocycles. The van der Waals surface area contributed by atoms with Crippen LogP contribution in [0.3, 0.4) is 0 Å². The number of halogens is 5. The molecule has 0 atom stereocenters. The van der Waals surface area contributed by atoms with Crippen LogP contribution in [0.4, 0.5) is 17.6 Å². The van der Waals surface area contributed by atoms with Crippen molar-refractivity contribution in [3.63, 3.8) is 0 Å². The van der Waals surface area contributed by atoms with Gasteiger partial charge in [0.25, 0.3) is 5.91 Å². The number of hydrogen-bond acceptors (Lipinski definition) is 3. The summed E-state index contributed by atoms with van der Waals surface area (Å²) >= 11 is 5.61. The van der Waals surface area contributed by atoms with Crippen LogP contribution in [0.2, 0.25) is 5.02 Å². The molecule has 1 aliphatic rings. The van der Waals surface area contributed by atoms with E-state index in [1.807, 2.05) is 0 Å². The van der Waals surface area contributed by atoms with E-state index in [1.165, 1.54) is 18.2 Å². The first-order valence-corrected chi connectivity index (χ1v) is 11.6. The van der Waals surface area contributed by atoms with Crippen LogP contribution in [0.5, 0.6) is 0 Å². The van der Waals surface area contributed by atoms with Gasteiger partial charge in [0.2, 0.25) is 0 Å². The summed E-state index contributed by atoms with van der Waals surface area (Å²) in [6.45, 7) is 0. The Kier molecular flexibility index (Phi) is 6.95. The number of amides is 1. The van der Waals surface area contributed by atoms with Crippen molar-refractivity contribution in [3.05, 3.63) is 64.4 Å². The van der Waals surface area contributed by atoms with Crippen molar-refractivity contribution < 1.29 is 30.8 Å². The van der Waals surface area contributed by atoms with Crippen LogP contribution in [-0.2, 0) is 16.0 Å². The van der Waals surface area contributed by atoms with E-state index in [9.17, 15) is 30.8 Å². The Morgan fingerprint density at radius 3 is 2.35 bits per heavy atom. The van der Waals surface area contributed by atoms with Gasteiger partial charge in [0, 0.05) is 11.6 Å². The molecule has 0 bridgehead atoms. The normalized spacial score (nSPS) is 19.8. The lowest BCUT2D eigenvalue weighted by atomic mass is 9.87. The smallest absolute Gasteiger partial charge is 0.349 e. The van der Waals surface area contributed by atoms with Crippen molar-refractivity contribution in [3.8, 4) is 0 Å². The van der Waals surface area contributed by atoms with E-state index in [4.69, 9.17) is 11.6 Å². The first-order valence-electron chi connectivity index (χ1n) is 9.61. The number of sulfone groups is 1. The second-order valence-corrected chi connectivity index (χ2v) is 10.1. The Hall–Kier alpha value is -2.13. The van der Waals surface area contributed by atoms with E-state index < -0.39 is 33.3 Å². The zero-order valence-corrected chi connectivity index (χ0v) is 17.8. The molecule has 1 aliphatic carbocycles. The van der Waals surface area contributed by atoms with Crippen LogP contribution in [0.25, 0.3) is 0 Å². The van der Waals surface area contributed by atoms with Gasteiger partial charge in [0.1, 0.15) is 5.82 Å². The first-order chi connectivity index (χ1) is 14.5. The Labute approximate surface area is 182 Å². The van der Waals surface area contributed by atoms with Gasteiger partial charge in [0.15, 0.2) is 9.84 Å². The quantitative estimate of drug-likeness (QED) is 0.597. The molecule has 0 heterocycles. The Morgan fingerprint density at radius 2 is 1.74 bits per heavy atom. The lowest BCUT2D eigenvalue weighted by Gasteiger charge is -2.29. The van der Waals surface area contributed by atoms with E-state index in [2.05, 4.69) is 5.32 Å². The molecule has 0 radical (unpaired) electrons. The molecular formula is C21H20ClF4NO3S. The number of alkyl halides is 3. The van der Waals surface area contributed by atoms with Gasteiger partial charge >= 0.3 is 6.18 Å². The summed E-state index contributed by atoms with van der Waals surface area (Å²) in [5, 5.41) is 2.71. The number of benzene rings is 2. The average molecular weight is 478 g/mol. The molecule has 10 heteroatoms. The van der Waals surface area contributed by atoms with Crippen LogP contribution < -0.4 is 5.32 Å². The molecule has 1 fully saturated rings. The molecule has 31 heavy (non-hydrogen) atoms. The zero-order valence-electron chi connectivity index (χ0n) is 16.3. The highest BCUT2D eigenvalue weighted by Gasteiger charge is 2.33. The predicted octanol–water partition coefficient (Wildman–Crippen LogP) is 5.26. The number of carbonyl (C=O) groups is 1. The molecule has 0 saturated heterocycles. The Bertz CT molecular complexity index is 1060. The largest absolute Gasteiger partial charge is 0.416 e. The van der Waals surface area contributed by atoms with Gasteiger partial charge < -0.3 is 5.32 Å². The standard InChI is InChI=1S/C21H20ClF4NO3S/c22-18-9-6-14(10-19(18)23)20(28)27-16-7-4-13(5-8-16)12-31(29,30)17-3-1-2-15(11-17)21(24,25)26/h1-3,6,9-11,13,16H,4-5,7-8,12H2,(H,27,28). The highest BCUT2D eigenvalue weighted by atomic mass is 35.5. The van der Waals surface area contributed by atoms with Crippen LogP contribution in [0, 0.1) is 11.7 Å². The van der Waals surface area contributed by atoms with E-state index in [1.54, 1.807) is 0 Å². The summed E-state index contributed by atoms with van der Waals surface area (Å²) in [7, 11) is -3.88.